The van der Waals surface area contributed by atoms with Gasteiger partial charge in [-0.15, -0.1) is 0 Å². The van der Waals surface area contributed by atoms with E-state index in [1.165, 1.54) is 35.0 Å². The summed E-state index contributed by atoms with van der Waals surface area (Å²) in [5, 5.41) is 11.8. The number of carboxylic acids is 1. The highest BCUT2D eigenvalue weighted by atomic mass is 35.5. The first-order chi connectivity index (χ1) is 15.0. The van der Waals surface area contributed by atoms with Crippen LogP contribution in [-0.4, -0.2) is 15.6 Å². The topological polar surface area (TPSA) is 42.2 Å². The molecule has 1 aliphatic carbocycles. The lowest BCUT2D eigenvalue weighted by atomic mass is 9.94. The van der Waals surface area contributed by atoms with Crippen molar-refractivity contribution in [3.05, 3.63) is 93.1 Å². The Labute approximate surface area is 190 Å². The molecule has 0 atom stereocenters. The highest BCUT2D eigenvalue weighted by Crippen LogP contribution is 2.38. The molecule has 0 fully saturated rings. The van der Waals surface area contributed by atoms with Crippen molar-refractivity contribution in [3.8, 4) is 11.1 Å². The largest absolute Gasteiger partial charge is 0.478 e. The third-order valence-electron chi connectivity index (χ3n) is 6.18. The summed E-state index contributed by atoms with van der Waals surface area (Å²) in [4.78, 5) is 11.3. The molecule has 1 aliphatic rings. The summed E-state index contributed by atoms with van der Waals surface area (Å²) in [5.41, 5.74) is 7.43. The van der Waals surface area contributed by atoms with Crippen molar-refractivity contribution in [3.63, 3.8) is 0 Å². The van der Waals surface area contributed by atoms with Gasteiger partial charge in [-0.2, -0.15) is 0 Å². The molecule has 0 saturated heterocycles. The number of nitrogens with zero attached hydrogens (tertiary/aromatic N) is 1. The molecule has 0 spiro atoms. The predicted molar refractivity (Wildman–Crippen MR) is 127 cm³/mol. The van der Waals surface area contributed by atoms with Gasteiger partial charge in [-0.3, -0.25) is 0 Å². The molecule has 31 heavy (non-hydrogen) atoms. The van der Waals surface area contributed by atoms with Crippen molar-refractivity contribution < 1.29 is 9.90 Å². The van der Waals surface area contributed by atoms with Crippen LogP contribution in [0.25, 0.3) is 22.0 Å². The quantitative estimate of drug-likeness (QED) is 0.356. The zero-order valence-corrected chi connectivity index (χ0v) is 18.4. The molecule has 1 heterocycles. The number of carbonyl (C=O) groups is 1. The summed E-state index contributed by atoms with van der Waals surface area (Å²) in [6.45, 7) is 0.673. The number of hydrogen-bond donors (Lipinski definition) is 1. The second kappa shape index (κ2) is 8.07. The molecule has 5 rings (SSSR count). The molecule has 4 aromatic rings. The van der Waals surface area contributed by atoms with Crippen molar-refractivity contribution in [2.24, 2.45) is 0 Å². The van der Waals surface area contributed by atoms with Gasteiger partial charge < -0.3 is 9.67 Å². The van der Waals surface area contributed by atoms with E-state index in [1.807, 2.05) is 24.3 Å². The van der Waals surface area contributed by atoms with Crippen molar-refractivity contribution >= 4 is 40.1 Å². The number of aromatic carboxylic acids is 1. The Hall–Kier alpha value is -2.75. The Morgan fingerprint density at radius 3 is 2.48 bits per heavy atom. The van der Waals surface area contributed by atoms with Gasteiger partial charge in [0, 0.05) is 33.2 Å². The molecule has 3 aromatic carbocycles. The normalized spacial score (nSPS) is 13.4. The minimum absolute atomic E-state index is 0.290. The maximum atomic E-state index is 11.3. The molecule has 3 nitrogen and oxygen atoms in total. The molecule has 0 aliphatic heterocycles. The predicted octanol–water partition coefficient (Wildman–Crippen LogP) is 7.24. The molecule has 1 aromatic heterocycles. The summed E-state index contributed by atoms with van der Waals surface area (Å²) in [5.74, 6) is -0.916. The molecule has 0 amide bonds. The van der Waals surface area contributed by atoms with E-state index in [0.717, 1.165) is 29.5 Å². The van der Waals surface area contributed by atoms with Gasteiger partial charge in [-0.25, -0.2) is 4.79 Å². The van der Waals surface area contributed by atoms with Gasteiger partial charge in [0.2, 0.25) is 0 Å². The third kappa shape index (κ3) is 3.62. The van der Waals surface area contributed by atoms with Crippen LogP contribution in [0.4, 0.5) is 0 Å². The number of fused-ring (bicyclic) bond motifs is 3. The third-order valence-corrected chi connectivity index (χ3v) is 6.77. The van der Waals surface area contributed by atoms with Crippen LogP contribution in [-0.2, 0) is 19.4 Å². The number of aryl methyl sites for hydroxylation is 1. The van der Waals surface area contributed by atoms with Crippen LogP contribution in [0.3, 0.4) is 0 Å². The molecule has 0 bridgehead atoms. The van der Waals surface area contributed by atoms with Crippen LogP contribution >= 0.6 is 23.2 Å². The smallest absolute Gasteiger partial charge is 0.335 e. The highest BCUT2D eigenvalue weighted by molar-refractivity contribution is 6.35. The summed E-state index contributed by atoms with van der Waals surface area (Å²) < 4.78 is 2.40. The average Bonchev–Trinajstić information content (AvgIpc) is 3.10. The lowest BCUT2D eigenvalue weighted by Gasteiger charge is -2.17. The van der Waals surface area contributed by atoms with E-state index < -0.39 is 5.97 Å². The Morgan fingerprint density at radius 1 is 0.968 bits per heavy atom. The van der Waals surface area contributed by atoms with E-state index in [-0.39, 0.29) is 0 Å². The Morgan fingerprint density at radius 2 is 1.74 bits per heavy atom. The summed E-state index contributed by atoms with van der Waals surface area (Å²) in [6, 6.07) is 19.2. The molecular weight excluding hydrogens is 429 g/mol. The van der Waals surface area contributed by atoms with E-state index >= 15 is 0 Å². The number of carboxylic acid groups (broad SMARTS) is 1. The lowest BCUT2D eigenvalue weighted by molar-refractivity contribution is 0.0697. The zero-order valence-electron chi connectivity index (χ0n) is 16.9. The van der Waals surface area contributed by atoms with Crippen LogP contribution in [0.1, 0.15) is 40.0 Å². The molecule has 1 N–H and O–H groups in total. The van der Waals surface area contributed by atoms with Crippen LogP contribution in [0.5, 0.6) is 0 Å². The molecule has 0 saturated carbocycles. The molecular formula is C26H21Cl2NO2. The summed E-state index contributed by atoms with van der Waals surface area (Å²) in [6.07, 6.45) is 4.51. The number of benzene rings is 3. The van der Waals surface area contributed by atoms with Gasteiger partial charge in [-0.05, 0) is 66.6 Å². The molecule has 0 radical (unpaired) electrons. The maximum absolute atomic E-state index is 11.3. The van der Waals surface area contributed by atoms with Gasteiger partial charge in [0.25, 0.3) is 0 Å². The minimum atomic E-state index is -0.916. The van der Waals surface area contributed by atoms with Crippen molar-refractivity contribution in [2.45, 2.75) is 32.2 Å². The maximum Gasteiger partial charge on any atom is 0.335 e. The van der Waals surface area contributed by atoms with Crippen molar-refractivity contribution in [2.75, 3.05) is 0 Å². The van der Waals surface area contributed by atoms with E-state index in [0.29, 0.717) is 22.2 Å². The first kappa shape index (κ1) is 20.2. The van der Waals surface area contributed by atoms with Gasteiger partial charge in [0.05, 0.1) is 11.1 Å². The summed E-state index contributed by atoms with van der Waals surface area (Å²) >= 11 is 12.6. The van der Waals surface area contributed by atoms with Crippen LogP contribution in [0.15, 0.2) is 60.7 Å². The highest BCUT2D eigenvalue weighted by Gasteiger charge is 2.23. The van der Waals surface area contributed by atoms with E-state index in [4.69, 9.17) is 23.2 Å². The number of rotatable bonds is 4. The standard InChI is InChI=1S/C26H21Cl2NO2/c27-19-13-12-18(23(28)14-19)15-29-24-7-2-1-4-21(24)22-6-3-5-20(25(22)29)16-8-10-17(11-9-16)26(30)31/h3,5-6,8-14H,1-2,4,7,15H2,(H,30,31). The second-order valence-electron chi connectivity index (χ2n) is 8.04. The Balaban J connectivity index is 1.72. The Kier molecular flexibility index (Phi) is 5.25. The number of halogens is 2. The van der Waals surface area contributed by atoms with E-state index in [2.05, 4.69) is 22.8 Å². The first-order valence-electron chi connectivity index (χ1n) is 10.4. The van der Waals surface area contributed by atoms with E-state index in [1.54, 1.807) is 18.2 Å². The average molecular weight is 450 g/mol. The minimum Gasteiger partial charge on any atom is -0.478 e. The Bertz CT molecular complexity index is 1310. The van der Waals surface area contributed by atoms with Crippen LogP contribution in [0, 0.1) is 0 Å². The fourth-order valence-electron chi connectivity index (χ4n) is 4.71. The second-order valence-corrected chi connectivity index (χ2v) is 8.88. The molecule has 0 unspecified atom stereocenters. The fourth-order valence-corrected chi connectivity index (χ4v) is 5.18. The van der Waals surface area contributed by atoms with Gasteiger partial charge in [0.1, 0.15) is 0 Å². The van der Waals surface area contributed by atoms with Gasteiger partial charge in [-0.1, -0.05) is 59.6 Å². The van der Waals surface area contributed by atoms with Crippen LogP contribution < -0.4 is 0 Å². The van der Waals surface area contributed by atoms with Crippen molar-refractivity contribution in [1.29, 1.82) is 0 Å². The lowest BCUT2D eigenvalue weighted by Crippen LogP contribution is -2.10. The van der Waals surface area contributed by atoms with Gasteiger partial charge >= 0.3 is 5.97 Å². The first-order valence-corrected chi connectivity index (χ1v) is 11.2. The molecule has 5 heteroatoms. The molecule has 156 valence electrons. The number of aromatic nitrogens is 1. The number of para-hydroxylation sites is 1. The van der Waals surface area contributed by atoms with Crippen molar-refractivity contribution in [1.82, 2.24) is 4.57 Å². The monoisotopic (exact) mass is 449 g/mol. The zero-order chi connectivity index (χ0) is 21.5. The van der Waals surface area contributed by atoms with Gasteiger partial charge in [0.15, 0.2) is 0 Å². The number of hydrogen-bond acceptors (Lipinski definition) is 1. The van der Waals surface area contributed by atoms with E-state index in [9.17, 15) is 9.90 Å². The fraction of sp³-hybridized carbons (Fsp3) is 0.192. The van der Waals surface area contributed by atoms with Crippen LogP contribution in [0.2, 0.25) is 10.0 Å². The SMILES string of the molecule is O=C(O)c1ccc(-c2cccc3c4c(n(Cc5ccc(Cl)cc5Cl)c23)CCCC4)cc1. The summed E-state index contributed by atoms with van der Waals surface area (Å²) in [7, 11) is 0.